The molecule has 4 rings (SSSR count). The maximum Gasteiger partial charge on any atom is 0.344 e. The topological polar surface area (TPSA) is 91.8 Å². The number of hydrogen-bond donors (Lipinski definition) is 1. The van der Waals surface area contributed by atoms with Gasteiger partial charge in [0.2, 0.25) is 5.88 Å². The van der Waals surface area contributed by atoms with E-state index < -0.39 is 23.3 Å². The molecule has 0 fully saturated rings. The van der Waals surface area contributed by atoms with Gasteiger partial charge in [0.05, 0.1) is 24.0 Å². The number of hydrogen-bond acceptors (Lipinski definition) is 6. The van der Waals surface area contributed by atoms with Crippen molar-refractivity contribution in [3.63, 3.8) is 0 Å². The highest BCUT2D eigenvalue weighted by Crippen LogP contribution is 2.43. The van der Waals surface area contributed by atoms with Crippen LogP contribution >= 0.6 is 0 Å². The lowest BCUT2D eigenvalue weighted by Crippen LogP contribution is -2.30. The molecule has 2 heterocycles. The third-order valence-electron chi connectivity index (χ3n) is 4.46. The van der Waals surface area contributed by atoms with Gasteiger partial charge >= 0.3 is 11.6 Å². The predicted octanol–water partition coefficient (Wildman–Crippen LogP) is 2.80. The van der Waals surface area contributed by atoms with Crippen LogP contribution in [0.25, 0.3) is 11.0 Å². The second-order valence-corrected chi connectivity index (χ2v) is 5.98. The summed E-state index contributed by atoms with van der Waals surface area (Å²) in [5, 5.41) is 0.533. The number of carbonyl (C=O) groups excluding carboxylic acids is 1. The molecule has 0 aliphatic carbocycles. The number of halogens is 1. The van der Waals surface area contributed by atoms with Crippen molar-refractivity contribution >= 4 is 16.9 Å². The number of nitrogens with two attached hydrogens (primary N) is 1. The van der Waals surface area contributed by atoms with E-state index in [1.54, 1.807) is 24.3 Å². The third kappa shape index (κ3) is 2.64. The molecule has 2 N–H and O–H groups in total. The molecule has 0 unspecified atom stereocenters. The molecule has 1 aliphatic rings. The molecule has 3 aromatic rings. The van der Waals surface area contributed by atoms with Crippen molar-refractivity contribution in [2.24, 2.45) is 5.73 Å². The number of rotatable bonds is 2. The SMILES string of the molecule is COC(=O)C1=C(N)Oc2c(c(=O)oc3ccccc23)[C@H]1c1ccc(F)cc1. The zero-order valence-electron chi connectivity index (χ0n) is 14.2. The van der Waals surface area contributed by atoms with E-state index in [0.717, 1.165) is 0 Å². The summed E-state index contributed by atoms with van der Waals surface area (Å²) in [6, 6.07) is 12.2. The van der Waals surface area contributed by atoms with Gasteiger partial charge in [0.1, 0.15) is 17.0 Å². The molecule has 0 spiro atoms. The van der Waals surface area contributed by atoms with Crippen LogP contribution in [0.1, 0.15) is 17.0 Å². The van der Waals surface area contributed by atoms with Gasteiger partial charge in [-0.3, -0.25) is 0 Å². The van der Waals surface area contributed by atoms with E-state index in [2.05, 4.69) is 0 Å². The van der Waals surface area contributed by atoms with Gasteiger partial charge < -0.3 is 19.6 Å². The molecule has 27 heavy (non-hydrogen) atoms. The van der Waals surface area contributed by atoms with Crippen molar-refractivity contribution < 1.29 is 23.1 Å². The molecule has 2 aromatic carbocycles. The van der Waals surface area contributed by atoms with Crippen molar-refractivity contribution in [3.05, 3.63) is 87.4 Å². The maximum atomic E-state index is 13.4. The molecule has 7 heteroatoms. The summed E-state index contributed by atoms with van der Waals surface area (Å²) in [6.07, 6.45) is 0. The van der Waals surface area contributed by atoms with Gasteiger partial charge in [-0.1, -0.05) is 24.3 Å². The zero-order chi connectivity index (χ0) is 19.1. The van der Waals surface area contributed by atoms with E-state index in [1.807, 2.05) is 0 Å². The van der Waals surface area contributed by atoms with Gasteiger partial charge in [0.15, 0.2) is 5.75 Å². The van der Waals surface area contributed by atoms with Gasteiger partial charge in [-0.25, -0.2) is 14.0 Å². The molecular weight excluding hydrogens is 353 g/mol. The molecule has 0 radical (unpaired) electrons. The Hall–Kier alpha value is -3.61. The summed E-state index contributed by atoms with van der Waals surface area (Å²) in [5.74, 6) is -2.09. The summed E-state index contributed by atoms with van der Waals surface area (Å²) in [4.78, 5) is 25.1. The summed E-state index contributed by atoms with van der Waals surface area (Å²) in [5.41, 5.74) is 6.21. The Labute approximate surface area is 152 Å². The molecule has 136 valence electrons. The molecule has 1 aromatic heterocycles. The Kier molecular flexibility index (Phi) is 3.92. The Balaban J connectivity index is 2.07. The molecule has 1 aliphatic heterocycles. The Bertz CT molecular complexity index is 1150. The van der Waals surface area contributed by atoms with Crippen LogP contribution in [-0.4, -0.2) is 13.1 Å². The lowest BCUT2D eigenvalue weighted by Gasteiger charge is -2.27. The smallest absolute Gasteiger partial charge is 0.344 e. The number of para-hydroxylation sites is 1. The minimum atomic E-state index is -0.914. The van der Waals surface area contributed by atoms with Crippen LogP contribution in [0.5, 0.6) is 5.75 Å². The number of ether oxygens (including phenoxy) is 2. The van der Waals surface area contributed by atoms with E-state index in [9.17, 15) is 14.0 Å². The van der Waals surface area contributed by atoms with Crippen molar-refractivity contribution in [1.82, 2.24) is 0 Å². The number of fused-ring (bicyclic) bond motifs is 3. The first-order chi connectivity index (χ1) is 13.0. The fourth-order valence-corrected chi connectivity index (χ4v) is 3.26. The van der Waals surface area contributed by atoms with Crippen molar-refractivity contribution in [2.45, 2.75) is 5.92 Å². The first kappa shape index (κ1) is 16.8. The first-order valence-electron chi connectivity index (χ1n) is 8.08. The fraction of sp³-hybridized carbons (Fsp3) is 0.100. The fourth-order valence-electron chi connectivity index (χ4n) is 3.26. The zero-order valence-corrected chi connectivity index (χ0v) is 14.2. The quantitative estimate of drug-likeness (QED) is 0.553. The van der Waals surface area contributed by atoms with Gasteiger partial charge in [0.25, 0.3) is 0 Å². The monoisotopic (exact) mass is 367 g/mol. The van der Waals surface area contributed by atoms with E-state index in [0.29, 0.717) is 16.5 Å². The molecule has 0 saturated carbocycles. The molecule has 0 bridgehead atoms. The first-order valence-corrected chi connectivity index (χ1v) is 8.08. The molecule has 6 nitrogen and oxygen atoms in total. The lowest BCUT2D eigenvalue weighted by molar-refractivity contribution is -0.136. The highest BCUT2D eigenvalue weighted by atomic mass is 19.1. The number of carbonyl (C=O) groups is 1. The van der Waals surface area contributed by atoms with Gasteiger partial charge in [0, 0.05) is 0 Å². The van der Waals surface area contributed by atoms with Gasteiger partial charge in [-0.05, 0) is 29.8 Å². The number of methoxy groups -OCH3 is 1. The van der Waals surface area contributed by atoms with E-state index in [-0.39, 0.29) is 22.8 Å². The highest BCUT2D eigenvalue weighted by molar-refractivity contribution is 5.94. The Morgan fingerprint density at radius 2 is 1.85 bits per heavy atom. The van der Waals surface area contributed by atoms with Crippen LogP contribution in [0.3, 0.4) is 0 Å². The van der Waals surface area contributed by atoms with Crippen molar-refractivity contribution in [2.75, 3.05) is 7.11 Å². The van der Waals surface area contributed by atoms with Crippen LogP contribution in [0.15, 0.2) is 69.2 Å². The van der Waals surface area contributed by atoms with Gasteiger partial charge in [-0.15, -0.1) is 0 Å². The molecule has 1 atom stereocenters. The van der Waals surface area contributed by atoms with E-state index >= 15 is 0 Å². The van der Waals surface area contributed by atoms with Crippen LogP contribution in [-0.2, 0) is 9.53 Å². The van der Waals surface area contributed by atoms with Crippen molar-refractivity contribution in [3.8, 4) is 5.75 Å². The summed E-state index contributed by atoms with van der Waals surface area (Å²) in [6.45, 7) is 0. The van der Waals surface area contributed by atoms with Crippen LogP contribution in [0.2, 0.25) is 0 Å². The number of benzene rings is 2. The van der Waals surface area contributed by atoms with Crippen molar-refractivity contribution in [1.29, 1.82) is 0 Å². The summed E-state index contributed by atoms with van der Waals surface area (Å²) >= 11 is 0. The Morgan fingerprint density at radius 3 is 2.56 bits per heavy atom. The third-order valence-corrected chi connectivity index (χ3v) is 4.46. The largest absolute Gasteiger partial charge is 0.465 e. The standard InChI is InChI=1S/C20H14FNO5/c1-25-19(23)16-14(10-6-8-11(21)9-7-10)15-17(27-18(16)22)12-4-2-3-5-13(12)26-20(15)24/h2-9,14H,22H2,1H3/t14-/m1/s1. The maximum absolute atomic E-state index is 13.4. The second kappa shape index (κ2) is 6.28. The minimum absolute atomic E-state index is 0.0424. The molecule has 0 amide bonds. The number of esters is 1. The average Bonchev–Trinajstić information content (AvgIpc) is 2.67. The normalized spacial score (nSPS) is 16.0. The Morgan fingerprint density at radius 1 is 1.15 bits per heavy atom. The molecular formula is C20H14FNO5. The van der Waals surface area contributed by atoms with Crippen LogP contribution < -0.4 is 16.1 Å². The highest BCUT2D eigenvalue weighted by Gasteiger charge is 2.39. The summed E-state index contributed by atoms with van der Waals surface area (Å²) < 4.78 is 29.3. The second-order valence-electron chi connectivity index (χ2n) is 5.98. The summed E-state index contributed by atoms with van der Waals surface area (Å²) in [7, 11) is 1.20. The lowest BCUT2D eigenvalue weighted by atomic mass is 9.83. The van der Waals surface area contributed by atoms with Crippen LogP contribution in [0.4, 0.5) is 4.39 Å². The van der Waals surface area contributed by atoms with E-state index in [1.165, 1.54) is 31.4 Å². The average molecular weight is 367 g/mol. The van der Waals surface area contributed by atoms with Crippen LogP contribution in [0, 0.1) is 5.82 Å². The van der Waals surface area contributed by atoms with Gasteiger partial charge in [-0.2, -0.15) is 0 Å². The van der Waals surface area contributed by atoms with E-state index in [4.69, 9.17) is 19.6 Å². The predicted molar refractivity (Wildman–Crippen MR) is 94.6 cm³/mol. The minimum Gasteiger partial charge on any atom is -0.465 e. The molecule has 0 saturated heterocycles.